The second-order valence-electron chi connectivity index (χ2n) is 5.68. The van der Waals surface area contributed by atoms with Crippen LogP contribution in [0.15, 0.2) is 48.7 Å². The highest BCUT2D eigenvalue weighted by molar-refractivity contribution is 6.04. The van der Waals surface area contributed by atoms with Crippen molar-refractivity contribution in [3.8, 4) is 5.69 Å². The Morgan fingerprint density at radius 3 is 2.60 bits per heavy atom. The molecule has 0 spiro atoms. The quantitative estimate of drug-likeness (QED) is 0.763. The predicted octanol–water partition coefficient (Wildman–Crippen LogP) is 2.24. The molecule has 0 radical (unpaired) electrons. The van der Waals surface area contributed by atoms with Crippen molar-refractivity contribution in [1.29, 1.82) is 0 Å². The highest BCUT2D eigenvalue weighted by atomic mass is 16.2. The Labute approximate surface area is 144 Å². The van der Waals surface area contributed by atoms with E-state index in [1.807, 2.05) is 31.2 Å². The summed E-state index contributed by atoms with van der Waals surface area (Å²) in [7, 11) is 0. The molecule has 3 rings (SSSR count). The van der Waals surface area contributed by atoms with Crippen LogP contribution in [0.5, 0.6) is 0 Å². The fourth-order valence-corrected chi connectivity index (χ4v) is 2.49. The van der Waals surface area contributed by atoms with Crippen LogP contribution in [0.1, 0.15) is 32.0 Å². The summed E-state index contributed by atoms with van der Waals surface area (Å²) in [6, 6.07) is 12.7. The van der Waals surface area contributed by atoms with E-state index in [4.69, 9.17) is 5.73 Å². The van der Waals surface area contributed by atoms with Gasteiger partial charge in [-0.1, -0.05) is 23.4 Å². The van der Waals surface area contributed by atoms with Gasteiger partial charge < -0.3 is 11.1 Å². The van der Waals surface area contributed by atoms with E-state index in [9.17, 15) is 9.59 Å². The minimum Gasteiger partial charge on any atom is -0.366 e. The van der Waals surface area contributed by atoms with Gasteiger partial charge in [0.25, 0.3) is 5.91 Å². The van der Waals surface area contributed by atoms with E-state index >= 15 is 0 Å². The normalized spacial score (nSPS) is 10.5. The predicted molar refractivity (Wildman–Crippen MR) is 93.7 cm³/mol. The van der Waals surface area contributed by atoms with Crippen LogP contribution in [-0.2, 0) is 0 Å². The van der Waals surface area contributed by atoms with Crippen molar-refractivity contribution in [2.75, 3.05) is 5.32 Å². The molecule has 1 heterocycles. The molecule has 3 aromatic rings. The lowest BCUT2D eigenvalue weighted by Crippen LogP contribution is -2.17. The van der Waals surface area contributed by atoms with Crippen molar-refractivity contribution in [2.24, 2.45) is 5.73 Å². The van der Waals surface area contributed by atoms with E-state index in [0.717, 1.165) is 11.3 Å². The van der Waals surface area contributed by atoms with Gasteiger partial charge in [0.1, 0.15) is 0 Å². The molecule has 0 bridgehead atoms. The second kappa shape index (κ2) is 6.56. The smallest absolute Gasteiger partial charge is 0.277 e. The summed E-state index contributed by atoms with van der Waals surface area (Å²) in [4.78, 5) is 23.8. The third-order valence-electron chi connectivity index (χ3n) is 3.84. The number of anilines is 1. The summed E-state index contributed by atoms with van der Waals surface area (Å²) in [6.45, 7) is 3.70. The van der Waals surface area contributed by atoms with Gasteiger partial charge in [0.2, 0.25) is 5.91 Å². The van der Waals surface area contributed by atoms with Crippen LogP contribution in [0, 0.1) is 13.8 Å². The monoisotopic (exact) mass is 335 g/mol. The molecule has 126 valence electrons. The van der Waals surface area contributed by atoms with Crippen molar-refractivity contribution < 1.29 is 9.59 Å². The molecule has 1 aromatic heterocycles. The Morgan fingerprint density at radius 2 is 1.88 bits per heavy atom. The number of benzene rings is 2. The van der Waals surface area contributed by atoms with Gasteiger partial charge in [-0.15, -0.1) is 5.10 Å². The van der Waals surface area contributed by atoms with E-state index in [-0.39, 0.29) is 5.69 Å². The van der Waals surface area contributed by atoms with Crippen LogP contribution in [0.3, 0.4) is 0 Å². The summed E-state index contributed by atoms with van der Waals surface area (Å²) in [5.41, 5.74) is 8.87. The van der Waals surface area contributed by atoms with Crippen molar-refractivity contribution in [2.45, 2.75) is 13.8 Å². The maximum Gasteiger partial charge on any atom is 0.277 e. The number of hydrogen-bond acceptors (Lipinski definition) is 4. The number of aromatic nitrogens is 3. The van der Waals surface area contributed by atoms with E-state index in [0.29, 0.717) is 16.8 Å². The van der Waals surface area contributed by atoms with Crippen molar-refractivity contribution in [1.82, 2.24) is 15.0 Å². The summed E-state index contributed by atoms with van der Waals surface area (Å²) >= 11 is 0. The van der Waals surface area contributed by atoms with Crippen molar-refractivity contribution in [3.63, 3.8) is 0 Å². The van der Waals surface area contributed by atoms with E-state index < -0.39 is 11.8 Å². The average Bonchev–Trinajstić information content (AvgIpc) is 3.06. The van der Waals surface area contributed by atoms with E-state index in [1.54, 1.807) is 31.3 Å². The number of amides is 2. The highest BCUT2D eigenvalue weighted by Gasteiger charge is 2.15. The first-order valence-corrected chi connectivity index (χ1v) is 7.66. The SMILES string of the molecule is Cc1cccc(-n2cc(C(=O)Nc3cccc(C(N)=O)c3C)nn2)c1. The molecule has 0 saturated heterocycles. The molecule has 0 aliphatic rings. The number of hydrogen-bond donors (Lipinski definition) is 2. The lowest BCUT2D eigenvalue weighted by atomic mass is 10.1. The van der Waals surface area contributed by atoms with Gasteiger partial charge in [-0.3, -0.25) is 9.59 Å². The zero-order chi connectivity index (χ0) is 18.0. The molecule has 0 atom stereocenters. The van der Waals surface area contributed by atoms with Gasteiger partial charge in [-0.25, -0.2) is 4.68 Å². The molecule has 0 fully saturated rings. The number of carbonyl (C=O) groups excluding carboxylic acids is 2. The van der Waals surface area contributed by atoms with Gasteiger partial charge in [-0.2, -0.15) is 0 Å². The summed E-state index contributed by atoms with van der Waals surface area (Å²) in [5.74, 6) is -0.956. The lowest BCUT2D eigenvalue weighted by molar-refractivity contribution is 0.0995. The third-order valence-corrected chi connectivity index (χ3v) is 3.84. The number of rotatable bonds is 4. The Bertz CT molecular complexity index is 962. The van der Waals surface area contributed by atoms with Crippen LogP contribution in [-0.4, -0.2) is 26.8 Å². The van der Waals surface area contributed by atoms with E-state index in [1.165, 1.54) is 4.68 Å². The van der Waals surface area contributed by atoms with Crippen LogP contribution < -0.4 is 11.1 Å². The summed E-state index contributed by atoms with van der Waals surface area (Å²) in [5, 5.41) is 10.6. The van der Waals surface area contributed by atoms with Gasteiger partial charge in [0, 0.05) is 11.3 Å². The standard InChI is InChI=1S/C18H17N5O2/c1-11-5-3-6-13(9-11)23-10-16(21-22-23)18(25)20-15-8-4-7-14(12(15)2)17(19)24/h3-10H,1-2H3,(H2,19,24)(H,20,25). The molecular weight excluding hydrogens is 318 g/mol. The van der Waals surface area contributed by atoms with Crippen LogP contribution in [0.25, 0.3) is 5.69 Å². The fraction of sp³-hybridized carbons (Fsp3) is 0.111. The maximum absolute atomic E-state index is 12.4. The zero-order valence-electron chi connectivity index (χ0n) is 13.9. The zero-order valence-corrected chi connectivity index (χ0v) is 13.9. The summed E-state index contributed by atoms with van der Waals surface area (Å²) < 4.78 is 1.54. The fourth-order valence-electron chi connectivity index (χ4n) is 2.49. The highest BCUT2D eigenvalue weighted by Crippen LogP contribution is 2.19. The minimum atomic E-state index is -0.543. The topological polar surface area (TPSA) is 103 Å². The molecular formula is C18H17N5O2. The van der Waals surface area contributed by atoms with Gasteiger partial charge >= 0.3 is 0 Å². The number of aryl methyl sites for hydroxylation is 1. The molecule has 2 aromatic carbocycles. The second-order valence-corrected chi connectivity index (χ2v) is 5.68. The largest absolute Gasteiger partial charge is 0.366 e. The van der Waals surface area contributed by atoms with Crippen molar-refractivity contribution >= 4 is 17.5 Å². The van der Waals surface area contributed by atoms with E-state index in [2.05, 4.69) is 15.6 Å². The number of primary amides is 1. The van der Waals surface area contributed by atoms with Gasteiger partial charge in [0.05, 0.1) is 11.9 Å². The van der Waals surface area contributed by atoms with Crippen LogP contribution in [0.4, 0.5) is 5.69 Å². The Morgan fingerprint density at radius 1 is 1.12 bits per heavy atom. The lowest BCUT2D eigenvalue weighted by Gasteiger charge is -2.09. The van der Waals surface area contributed by atoms with Gasteiger partial charge in [0.15, 0.2) is 5.69 Å². The van der Waals surface area contributed by atoms with Gasteiger partial charge in [-0.05, 0) is 49.2 Å². The number of nitrogens with one attached hydrogen (secondary N) is 1. The first kappa shape index (κ1) is 16.4. The maximum atomic E-state index is 12.4. The molecule has 0 aliphatic heterocycles. The molecule has 7 nitrogen and oxygen atoms in total. The molecule has 7 heteroatoms. The molecule has 0 aliphatic carbocycles. The molecule has 25 heavy (non-hydrogen) atoms. The third kappa shape index (κ3) is 3.40. The van der Waals surface area contributed by atoms with Crippen molar-refractivity contribution in [3.05, 3.63) is 71.0 Å². The molecule has 2 amide bonds. The Kier molecular flexibility index (Phi) is 4.30. The molecule has 0 unspecified atom stereocenters. The minimum absolute atomic E-state index is 0.172. The average molecular weight is 335 g/mol. The molecule has 3 N–H and O–H groups in total. The Balaban J connectivity index is 1.84. The summed E-state index contributed by atoms with van der Waals surface area (Å²) in [6.07, 6.45) is 1.55. The number of nitrogens with zero attached hydrogens (tertiary/aromatic N) is 3. The Hall–Kier alpha value is -3.48. The van der Waals surface area contributed by atoms with Crippen LogP contribution >= 0.6 is 0 Å². The first-order chi connectivity index (χ1) is 12.0. The molecule has 0 saturated carbocycles. The van der Waals surface area contributed by atoms with Crippen LogP contribution in [0.2, 0.25) is 0 Å². The first-order valence-electron chi connectivity index (χ1n) is 7.66. The number of nitrogens with two attached hydrogens (primary N) is 1. The number of carbonyl (C=O) groups is 2.